The molecule has 9 heteroatoms. The largest absolute Gasteiger partial charge is 0.482 e. The number of carbonyl (C=O) groups excluding carboxylic acids is 2. The smallest absolute Gasteiger partial charge is 0.416 e. The van der Waals surface area contributed by atoms with Gasteiger partial charge < -0.3 is 9.47 Å². The maximum absolute atomic E-state index is 12.7. The molecule has 27 heavy (non-hydrogen) atoms. The molecule has 0 aromatic heterocycles. The summed E-state index contributed by atoms with van der Waals surface area (Å²) >= 11 is 0. The molecule has 0 heterocycles. The van der Waals surface area contributed by atoms with E-state index in [0.29, 0.717) is 11.3 Å². The van der Waals surface area contributed by atoms with Crippen molar-refractivity contribution >= 4 is 18.1 Å². The number of alkyl halides is 3. The van der Waals surface area contributed by atoms with Crippen molar-refractivity contribution < 1.29 is 32.2 Å². The molecule has 0 aliphatic carbocycles. The van der Waals surface area contributed by atoms with Crippen LogP contribution in [0.15, 0.2) is 53.6 Å². The topological polar surface area (TPSA) is 77.0 Å². The molecule has 1 N–H and O–H groups in total. The summed E-state index contributed by atoms with van der Waals surface area (Å²) in [6.45, 7) is -0.225. The maximum atomic E-state index is 12.7. The van der Waals surface area contributed by atoms with Gasteiger partial charge in [0.05, 0.1) is 18.9 Å². The minimum atomic E-state index is -4.53. The number of esters is 1. The van der Waals surface area contributed by atoms with Crippen molar-refractivity contribution in [1.29, 1.82) is 0 Å². The van der Waals surface area contributed by atoms with Gasteiger partial charge in [-0.1, -0.05) is 6.07 Å². The van der Waals surface area contributed by atoms with Gasteiger partial charge in [-0.3, -0.25) is 4.79 Å². The lowest BCUT2D eigenvalue weighted by Gasteiger charge is -2.07. The first-order valence-electron chi connectivity index (χ1n) is 7.60. The second kappa shape index (κ2) is 8.84. The molecular formula is C18H15F3N2O4. The van der Waals surface area contributed by atoms with E-state index in [0.717, 1.165) is 18.2 Å². The van der Waals surface area contributed by atoms with Gasteiger partial charge in [0.2, 0.25) is 0 Å². The number of nitrogens with one attached hydrogen (secondary N) is 1. The van der Waals surface area contributed by atoms with Gasteiger partial charge in [-0.05, 0) is 48.0 Å². The Morgan fingerprint density at radius 3 is 2.48 bits per heavy atom. The molecule has 0 saturated carbocycles. The predicted octanol–water partition coefficient (Wildman–Crippen LogP) is 3.02. The lowest BCUT2D eigenvalue weighted by atomic mass is 10.1. The summed E-state index contributed by atoms with van der Waals surface area (Å²) in [5, 5.41) is 3.71. The van der Waals surface area contributed by atoms with Gasteiger partial charge in [-0.25, -0.2) is 10.2 Å². The minimum absolute atomic E-state index is 0.159. The van der Waals surface area contributed by atoms with Crippen LogP contribution in [0, 0.1) is 0 Å². The molecule has 142 valence electrons. The number of methoxy groups -OCH3 is 1. The Morgan fingerprint density at radius 1 is 1.15 bits per heavy atom. The van der Waals surface area contributed by atoms with Crippen LogP contribution in [0.1, 0.15) is 21.5 Å². The first kappa shape index (κ1) is 20.0. The molecule has 2 aromatic rings. The maximum Gasteiger partial charge on any atom is 0.416 e. The van der Waals surface area contributed by atoms with E-state index in [1.54, 1.807) is 24.3 Å². The molecule has 0 atom stereocenters. The summed E-state index contributed by atoms with van der Waals surface area (Å²) in [4.78, 5) is 22.9. The van der Waals surface area contributed by atoms with Gasteiger partial charge in [0.15, 0.2) is 6.61 Å². The summed E-state index contributed by atoms with van der Waals surface area (Å²) in [5.41, 5.74) is 1.69. The van der Waals surface area contributed by atoms with Crippen LogP contribution in [0.5, 0.6) is 5.75 Å². The standard InChI is InChI=1S/C18H15F3N2O4/c1-26-16(24)11-27-15-7-5-12(6-8-15)10-22-23-17(25)13-3-2-4-14(9-13)18(19,20)21/h2-10H,11H2,1H3,(H,23,25)/b22-10+. The molecule has 0 unspecified atom stereocenters. The Labute approximate surface area is 152 Å². The van der Waals surface area contributed by atoms with E-state index in [2.05, 4.69) is 15.3 Å². The molecule has 0 saturated heterocycles. The monoisotopic (exact) mass is 380 g/mol. The van der Waals surface area contributed by atoms with Gasteiger partial charge >= 0.3 is 12.1 Å². The molecule has 2 rings (SSSR count). The third kappa shape index (κ3) is 6.14. The van der Waals surface area contributed by atoms with Crippen LogP contribution in [0.25, 0.3) is 0 Å². The normalized spacial score (nSPS) is 11.3. The molecule has 0 aliphatic heterocycles. The van der Waals surface area contributed by atoms with Gasteiger partial charge in [-0.15, -0.1) is 0 Å². The average molecular weight is 380 g/mol. The number of rotatable bonds is 6. The van der Waals surface area contributed by atoms with Crippen LogP contribution in [-0.4, -0.2) is 31.8 Å². The van der Waals surface area contributed by atoms with Gasteiger partial charge in [-0.2, -0.15) is 18.3 Å². The van der Waals surface area contributed by atoms with Crippen molar-refractivity contribution in [3.8, 4) is 5.75 Å². The van der Waals surface area contributed by atoms with E-state index < -0.39 is 23.6 Å². The van der Waals surface area contributed by atoms with Crippen molar-refractivity contribution in [2.75, 3.05) is 13.7 Å². The summed E-state index contributed by atoms with van der Waals surface area (Å²) in [5.74, 6) is -0.848. The fourth-order valence-electron chi connectivity index (χ4n) is 1.92. The quantitative estimate of drug-likeness (QED) is 0.475. The lowest BCUT2D eigenvalue weighted by Crippen LogP contribution is -2.18. The summed E-state index contributed by atoms with van der Waals surface area (Å²) < 4.78 is 47.6. The summed E-state index contributed by atoms with van der Waals surface area (Å²) in [7, 11) is 1.25. The zero-order chi connectivity index (χ0) is 19.9. The number of halogens is 3. The third-order valence-electron chi connectivity index (χ3n) is 3.30. The fraction of sp³-hybridized carbons (Fsp3) is 0.167. The van der Waals surface area contributed by atoms with Gasteiger partial charge in [0, 0.05) is 5.56 Å². The molecule has 2 aromatic carbocycles. The SMILES string of the molecule is COC(=O)COc1ccc(/C=N/NC(=O)c2cccc(C(F)(F)F)c2)cc1. The first-order valence-corrected chi connectivity index (χ1v) is 7.60. The van der Waals surface area contributed by atoms with Crippen LogP contribution in [-0.2, 0) is 15.7 Å². The second-order valence-corrected chi connectivity index (χ2v) is 5.21. The second-order valence-electron chi connectivity index (χ2n) is 5.21. The number of nitrogens with zero attached hydrogens (tertiary/aromatic N) is 1. The van der Waals surface area contributed by atoms with E-state index in [-0.39, 0.29) is 12.2 Å². The van der Waals surface area contributed by atoms with Crippen LogP contribution in [0.2, 0.25) is 0 Å². The Morgan fingerprint density at radius 2 is 1.85 bits per heavy atom. The third-order valence-corrected chi connectivity index (χ3v) is 3.30. The summed E-state index contributed by atoms with van der Waals surface area (Å²) in [6.07, 6.45) is -3.22. The number of carbonyl (C=O) groups is 2. The molecule has 0 fully saturated rings. The van der Waals surface area contributed by atoms with E-state index in [1.807, 2.05) is 0 Å². The van der Waals surface area contributed by atoms with Gasteiger partial charge in [0.1, 0.15) is 5.75 Å². The Bertz CT molecular complexity index is 833. The van der Waals surface area contributed by atoms with Crippen molar-refractivity contribution in [2.24, 2.45) is 5.10 Å². The van der Waals surface area contributed by atoms with E-state index in [4.69, 9.17) is 4.74 Å². The molecule has 0 bridgehead atoms. The minimum Gasteiger partial charge on any atom is -0.482 e. The van der Waals surface area contributed by atoms with Crippen LogP contribution in [0.4, 0.5) is 13.2 Å². The number of amides is 1. The molecule has 1 amide bonds. The average Bonchev–Trinajstić information content (AvgIpc) is 2.66. The highest BCUT2D eigenvalue weighted by Gasteiger charge is 2.30. The number of hydrogen-bond acceptors (Lipinski definition) is 5. The number of benzene rings is 2. The summed E-state index contributed by atoms with van der Waals surface area (Å²) in [6, 6.07) is 10.4. The van der Waals surface area contributed by atoms with Crippen molar-refractivity contribution in [1.82, 2.24) is 5.43 Å². The molecule has 0 aliphatic rings. The zero-order valence-electron chi connectivity index (χ0n) is 14.1. The van der Waals surface area contributed by atoms with Crippen LogP contribution < -0.4 is 10.2 Å². The van der Waals surface area contributed by atoms with Crippen LogP contribution in [0.3, 0.4) is 0 Å². The highest BCUT2D eigenvalue weighted by molar-refractivity contribution is 5.95. The predicted molar refractivity (Wildman–Crippen MR) is 90.5 cm³/mol. The van der Waals surface area contributed by atoms with Crippen LogP contribution >= 0.6 is 0 Å². The lowest BCUT2D eigenvalue weighted by molar-refractivity contribution is -0.143. The molecule has 0 radical (unpaired) electrons. The van der Waals surface area contributed by atoms with E-state index in [1.165, 1.54) is 19.4 Å². The zero-order valence-corrected chi connectivity index (χ0v) is 14.1. The van der Waals surface area contributed by atoms with Gasteiger partial charge in [0.25, 0.3) is 5.91 Å². The van der Waals surface area contributed by atoms with Crippen molar-refractivity contribution in [3.63, 3.8) is 0 Å². The Balaban J connectivity index is 1.93. The number of ether oxygens (including phenoxy) is 2. The number of hydrogen-bond donors (Lipinski definition) is 1. The first-order chi connectivity index (χ1) is 12.8. The van der Waals surface area contributed by atoms with Crippen molar-refractivity contribution in [2.45, 2.75) is 6.18 Å². The molecule has 0 spiro atoms. The Kier molecular flexibility index (Phi) is 6.53. The molecule has 6 nitrogen and oxygen atoms in total. The number of hydrazone groups is 1. The van der Waals surface area contributed by atoms with E-state index in [9.17, 15) is 22.8 Å². The highest BCUT2D eigenvalue weighted by atomic mass is 19.4. The molecular weight excluding hydrogens is 365 g/mol. The fourth-order valence-corrected chi connectivity index (χ4v) is 1.92. The van der Waals surface area contributed by atoms with E-state index >= 15 is 0 Å². The highest BCUT2D eigenvalue weighted by Crippen LogP contribution is 2.29. The van der Waals surface area contributed by atoms with Crippen molar-refractivity contribution in [3.05, 3.63) is 65.2 Å². The Hall–Kier alpha value is -3.36.